The highest BCUT2D eigenvalue weighted by Gasteiger charge is 2.35. The Balaban J connectivity index is 1.53. The van der Waals surface area contributed by atoms with Crippen LogP contribution >= 0.6 is 0 Å². The monoisotopic (exact) mass is 464 g/mol. The van der Waals surface area contributed by atoms with Gasteiger partial charge in [-0.2, -0.15) is 4.98 Å². The number of aliphatic hydroxyl groups excluding tert-OH is 1. The number of amides is 4. The van der Waals surface area contributed by atoms with Crippen LogP contribution in [0.15, 0.2) is 17.1 Å². The minimum atomic E-state index is -1.28. The van der Waals surface area contributed by atoms with Gasteiger partial charge in [0.2, 0.25) is 5.91 Å². The van der Waals surface area contributed by atoms with Crippen LogP contribution in [0.3, 0.4) is 0 Å². The largest absolute Gasteiger partial charge is 0.465 e. The Morgan fingerprint density at radius 2 is 1.70 bits per heavy atom. The third-order valence-corrected chi connectivity index (χ3v) is 6.34. The molecule has 33 heavy (non-hydrogen) atoms. The quantitative estimate of drug-likeness (QED) is 0.499. The summed E-state index contributed by atoms with van der Waals surface area (Å²) >= 11 is 0. The van der Waals surface area contributed by atoms with Gasteiger partial charge < -0.3 is 25.3 Å². The number of piperazine rings is 1. The average molecular weight is 465 g/mol. The Labute approximate surface area is 191 Å². The highest BCUT2D eigenvalue weighted by Crippen LogP contribution is 2.30. The van der Waals surface area contributed by atoms with Gasteiger partial charge in [-0.25, -0.2) is 14.4 Å². The van der Waals surface area contributed by atoms with E-state index in [1.54, 1.807) is 16.8 Å². The molecule has 2 fully saturated rings. The molecule has 2 heterocycles. The molecule has 1 aliphatic carbocycles. The molecule has 0 spiro atoms. The number of carbonyl (C=O) groups excluding carboxylic acids is 2. The molecule has 3 rings (SSSR count). The van der Waals surface area contributed by atoms with Crippen molar-refractivity contribution >= 4 is 23.8 Å². The van der Waals surface area contributed by atoms with Gasteiger partial charge in [-0.15, -0.1) is 0 Å². The molecule has 1 aromatic heterocycles. The van der Waals surface area contributed by atoms with E-state index in [1.165, 1.54) is 23.6 Å². The number of aromatic nitrogens is 2. The lowest BCUT2D eigenvalue weighted by Crippen LogP contribution is -2.60. The van der Waals surface area contributed by atoms with Gasteiger partial charge in [0, 0.05) is 45.0 Å². The van der Waals surface area contributed by atoms with Crippen molar-refractivity contribution in [2.75, 3.05) is 38.1 Å². The van der Waals surface area contributed by atoms with E-state index in [4.69, 9.17) is 5.11 Å². The summed E-state index contributed by atoms with van der Waals surface area (Å²) in [7, 11) is 0. The van der Waals surface area contributed by atoms with Gasteiger partial charge in [0.1, 0.15) is 11.4 Å². The zero-order valence-electron chi connectivity index (χ0n) is 19.0. The van der Waals surface area contributed by atoms with Crippen molar-refractivity contribution in [3.05, 3.63) is 22.7 Å². The lowest BCUT2D eigenvalue weighted by molar-refractivity contribution is -0.138. The van der Waals surface area contributed by atoms with E-state index >= 15 is 0 Å². The maximum Gasteiger partial charge on any atom is 0.405 e. The number of aliphatic hydroxyl groups is 1. The number of carboxylic acid groups (broad SMARTS) is 1. The van der Waals surface area contributed by atoms with Gasteiger partial charge in [-0.05, 0) is 51.5 Å². The number of nitrogens with zero attached hydrogens (tertiary/aromatic N) is 4. The topological polar surface area (TPSA) is 157 Å². The molecule has 12 heteroatoms. The number of anilines is 1. The first-order valence-electron chi connectivity index (χ1n) is 11.2. The summed E-state index contributed by atoms with van der Waals surface area (Å²) in [5.41, 5.74) is -1.69. The molecule has 1 aromatic rings. The van der Waals surface area contributed by atoms with Crippen LogP contribution in [0.2, 0.25) is 0 Å². The number of hydrogen-bond acceptors (Lipinski definition) is 6. The van der Waals surface area contributed by atoms with Crippen LogP contribution < -0.4 is 16.3 Å². The zero-order chi connectivity index (χ0) is 24.2. The highest BCUT2D eigenvalue weighted by atomic mass is 16.4. The summed E-state index contributed by atoms with van der Waals surface area (Å²) in [6.07, 6.45) is 3.70. The van der Waals surface area contributed by atoms with Crippen LogP contribution in [0.5, 0.6) is 0 Å². The molecule has 12 nitrogen and oxygen atoms in total. The second-order valence-corrected chi connectivity index (χ2v) is 9.12. The summed E-state index contributed by atoms with van der Waals surface area (Å²) < 4.78 is 1.58. The van der Waals surface area contributed by atoms with E-state index in [0.717, 1.165) is 25.7 Å². The molecule has 0 bridgehead atoms. The fraction of sp³-hybridized carbons (Fsp3) is 0.667. The van der Waals surface area contributed by atoms with Crippen molar-refractivity contribution in [1.82, 2.24) is 24.7 Å². The summed E-state index contributed by atoms with van der Waals surface area (Å²) in [6, 6.07) is 1.22. The summed E-state index contributed by atoms with van der Waals surface area (Å²) in [5.74, 6) is 0.0950. The summed E-state index contributed by atoms with van der Waals surface area (Å²) in [6.45, 7) is 4.23. The van der Waals surface area contributed by atoms with Crippen LogP contribution in [0, 0.1) is 5.92 Å². The molecule has 0 unspecified atom stereocenters. The predicted octanol–water partition coefficient (Wildman–Crippen LogP) is 0.689. The molecular formula is C21H32N6O6. The maximum atomic E-state index is 12.6. The van der Waals surface area contributed by atoms with E-state index < -0.39 is 23.4 Å². The van der Waals surface area contributed by atoms with E-state index in [2.05, 4.69) is 15.6 Å². The first kappa shape index (κ1) is 24.5. The number of nitrogens with one attached hydrogen (secondary N) is 2. The van der Waals surface area contributed by atoms with E-state index in [-0.39, 0.29) is 50.6 Å². The molecule has 0 radical (unpaired) electrons. The molecule has 1 saturated heterocycles. The highest BCUT2D eigenvalue weighted by molar-refractivity contribution is 5.90. The second kappa shape index (κ2) is 10.2. The SMILES string of the molecule is CC(C)(NC(=O)O)C(=O)N1CCN(C(=O)Nc2ccn([C@H]3CC[C@@H](CO)CC3)c(=O)n2)CC1. The Bertz CT molecular complexity index is 931. The number of hydrogen-bond donors (Lipinski definition) is 4. The van der Waals surface area contributed by atoms with E-state index in [0.29, 0.717) is 5.92 Å². The van der Waals surface area contributed by atoms with Crippen molar-refractivity contribution in [1.29, 1.82) is 0 Å². The van der Waals surface area contributed by atoms with E-state index in [9.17, 15) is 24.3 Å². The third-order valence-electron chi connectivity index (χ3n) is 6.34. The van der Waals surface area contributed by atoms with Gasteiger partial charge in [-0.3, -0.25) is 14.7 Å². The van der Waals surface area contributed by atoms with Crippen molar-refractivity contribution < 1.29 is 24.6 Å². The fourth-order valence-electron chi connectivity index (χ4n) is 4.38. The Hall–Kier alpha value is -3.15. The van der Waals surface area contributed by atoms with Crippen molar-refractivity contribution in [2.45, 2.75) is 51.1 Å². The number of urea groups is 1. The smallest absolute Gasteiger partial charge is 0.405 e. The predicted molar refractivity (Wildman–Crippen MR) is 119 cm³/mol. The van der Waals surface area contributed by atoms with E-state index in [1.807, 2.05) is 0 Å². The van der Waals surface area contributed by atoms with Crippen LogP contribution in [-0.2, 0) is 4.79 Å². The molecule has 0 atom stereocenters. The van der Waals surface area contributed by atoms with Crippen molar-refractivity contribution in [2.24, 2.45) is 5.92 Å². The van der Waals surface area contributed by atoms with Gasteiger partial charge >= 0.3 is 17.8 Å². The van der Waals surface area contributed by atoms with Gasteiger partial charge in [-0.1, -0.05) is 0 Å². The summed E-state index contributed by atoms with van der Waals surface area (Å²) in [4.78, 5) is 55.6. The second-order valence-electron chi connectivity index (χ2n) is 9.12. The molecule has 182 valence electrons. The molecule has 0 aromatic carbocycles. The third kappa shape index (κ3) is 6.01. The molecule has 1 saturated carbocycles. The van der Waals surface area contributed by atoms with Gasteiger partial charge in [0.15, 0.2) is 0 Å². The van der Waals surface area contributed by atoms with Crippen molar-refractivity contribution in [3.8, 4) is 0 Å². The van der Waals surface area contributed by atoms with Gasteiger partial charge in [0.25, 0.3) is 0 Å². The van der Waals surface area contributed by atoms with Crippen LogP contribution in [0.25, 0.3) is 0 Å². The normalized spacial score (nSPS) is 21.4. The molecule has 1 aliphatic heterocycles. The summed E-state index contributed by atoms with van der Waals surface area (Å²) in [5, 5.41) is 23.0. The number of rotatable bonds is 5. The molecular weight excluding hydrogens is 432 g/mol. The van der Waals surface area contributed by atoms with Crippen LogP contribution in [0.1, 0.15) is 45.6 Å². The average Bonchev–Trinajstić information content (AvgIpc) is 2.78. The molecule has 4 amide bonds. The van der Waals surface area contributed by atoms with Crippen LogP contribution in [0.4, 0.5) is 15.4 Å². The number of carbonyl (C=O) groups is 3. The van der Waals surface area contributed by atoms with Gasteiger partial charge in [0.05, 0.1) is 0 Å². The standard InChI is InChI=1S/C21H32N6O6/c1-21(2,24-20(32)33)17(29)25-9-11-26(12-10-25)18(30)22-16-7-8-27(19(31)23-16)15-5-3-14(13-28)4-6-15/h7-8,14-15,24,28H,3-6,9-13H2,1-2H3,(H,32,33)(H,22,23,30,31)/t14-,15+. The Kier molecular flexibility index (Phi) is 7.57. The lowest BCUT2D eigenvalue weighted by atomic mass is 9.86. The first-order chi connectivity index (χ1) is 15.6. The minimum absolute atomic E-state index is 0.0445. The Morgan fingerprint density at radius 3 is 2.24 bits per heavy atom. The lowest BCUT2D eigenvalue weighted by Gasteiger charge is -2.38. The Morgan fingerprint density at radius 1 is 1.09 bits per heavy atom. The minimum Gasteiger partial charge on any atom is -0.465 e. The van der Waals surface area contributed by atoms with Crippen molar-refractivity contribution in [3.63, 3.8) is 0 Å². The fourth-order valence-corrected chi connectivity index (χ4v) is 4.38. The van der Waals surface area contributed by atoms with Crippen LogP contribution in [-0.4, -0.2) is 85.9 Å². The molecule has 4 N–H and O–H groups in total. The maximum absolute atomic E-state index is 12.6. The molecule has 2 aliphatic rings. The first-order valence-corrected chi connectivity index (χ1v) is 11.2. The zero-order valence-corrected chi connectivity index (χ0v) is 19.0.